The number of nitrogens with one attached hydrogen (secondary N) is 2. The Hall–Kier alpha value is -1.81. The Morgan fingerprint density at radius 2 is 1.77 bits per heavy atom. The van der Waals surface area contributed by atoms with Crippen molar-refractivity contribution in [3.8, 4) is 5.75 Å². The zero-order valence-corrected chi connectivity index (χ0v) is 21.2. The normalized spacial score (nSPS) is 12.6. The van der Waals surface area contributed by atoms with E-state index in [9.17, 15) is 8.42 Å². The number of aryl methyl sites for hydroxylation is 1. The van der Waals surface area contributed by atoms with Gasteiger partial charge >= 0.3 is 0 Å². The van der Waals surface area contributed by atoms with Gasteiger partial charge in [-0.2, -0.15) is 0 Å². The number of rotatable bonds is 9. The maximum atomic E-state index is 11.4. The van der Waals surface area contributed by atoms with E-state index in [1.165, 1.54) is 11.8 Å². The summed E-state index contributed by atoms with van der Waals surface area (Å²) in [4.78, 5) is 4.60. The van der Waals surface area contributed by atoms with Crippen LogP contribution in [-0.4, -0.2) is 39.8 Å². The van der Waals surface area contributed by atoms with Crippen molar-refractivity contribution >= 4 is 39.8 Å². The fourth-order valence-corrected chi connectivity index (χ4v) is 3.56. The molecule has 6 nitrogen and oxygen atoms in total. The topological polar surface area (TPSA) is 79.8 Å². The molecule has 166 valence electrons. The first-order valence-electron chi connectivity index (χ1n) is 9.76. The van der Waals surface area contributed by atoms with E-state index in [1.807, 2.05) is 69.3 Å². The number of hydrogen-bond acceptors (Lipinski definition) is 4. The van der Waals surface area contributed by atoms with E-state index >= 15 is 0 Å². The van der Waals surface area contributed by atoms with Gasteiger partial charge < -0.3 is 15.4 Å². The van der Waals surface area contributed by atoms with Gasteiger partial charge in [-0.05, 0) is 49.6 Å². The molecule has 30 heavy (non-hydrogen) atoms. The summed E-state index contributed by atoms with van der Waals surface area (Å²) >= 11 is 0. The Morgan fingerprint density at radius 3 is 2.37 bits per heavy atom. The molecule has 0 aromatic heterocycles. The third-order valence-electron chi connectivity index (χ3n) is 4.10. The molecule has 0 saturated heterocycles. The molecule has 0 amide bonds. The van der Waals surface area contributed by atoms with Gasteiger partial charge in [0.05, 0.1) is 18.8 Å². The smallest absolute Gasteiger partial charge is 0.191 e. The van der Waals surface area contributed by atoms with Crippen molar-refractivity contribution in [3.63, 3.8) is 0 Å². The molecule has 8 heteroatoms. The minimum atomic E-state index is -3.02. The highest BCUT2D eigenvalue weighted by Gasteiger charge is 2.07. The standard InChI is InChI=1S/C22H31N3O3S.HI/c1-5-23-22(24-14-18(3)28-21-8-6-7-17(2)13-21)25-15-19-9-11-20(12-10-19)16-29(4,26)27;/h6-13,18H,5,14-16H2,1-4H3,(H2,23,24,25);1H. The third kappa shape index (κ3) is 10.3. The summed E-state index contributed by atoms with van der Waals surface area (Å²) in [5.41, 5.74) is 2.97. The van der Waals surface area contributed by atoms with Crippen molar-refractivity contribution in [3.05, 3.63) is 65.2 Å². The van der Waals surface area contributed by atoms with Crippen LogP contribution >= 0.6 is 24.0 Å². The Bertz CT molecular complexity index is 915. The SMILES string of the molecule is CCNC(=NCc1ccc(CS(C)(=O)=O)cc1)NCC(C)Oc1cccc(C)c1.I. The fourth-order valence-electron chi connectivity index (χ4n) is 2.76. The van der Waals surface area contributed by atoms with E-state index in [1.54, 1.807) is 0 Å². The van der Waals surface area contributed by atoms with Gasteiger partial charge in [-0.25, -0.2) is 13.4 Å². The summed E-state index contributed by atoms with van der Waals surface area (Å²) in [6.07, 6.45) is 1.22. The van der Waals surface area contributed by atoms with Crippen LogP contribution in [0.15, 0.2) is 53.5 Å². The molecular weight excluding hydrogens is 513 g/mol. The van der Waals surface area contributed by atoms with Crippen LogP contribution in [0.5, 0.6) is 5.75 Å². The van der Waals surface area contributed by atoms with Crippen LogP contribution in [-0.2, 0) is 22.1 Å². The number of nitrogens with zero attached hydrogens (tertiary/aromatic N) is 1. The maximum absolute atomic E-state index is 11.4. The zero-order chi connectivity index (χ0) is 21.3. The molecule has 2 aromatic rings. The highest BCUT2D eigenvalue weighted by molar-refractivity contribution is 14.0. The fraction of sp³-hybridized carbons (Fsp3) is 0.409. The Kier molecular flexibility index (Phi) is 11.2. The Labute approximate surface area is 197 Å². The number of halogens is 1. The van der Waals surface area contributed by atoms with Crippen LogP contribution in [0.3, 0.4) is 0 Å². The number of guanidine groups is 1. The molecule has 2 aromatic carbocycles. The lowest BCUT2D eigenvalue weighted by Crippen LogP contribution is -2.41. The summed E-state index contributed by atoms with van der Waals surface area (Å²) in [7, 11) is -3.02. The second-order valence-electron chi connectivity index (χ2n) is 7.21. The van der Waals surface area contributed by atoms with Crippen molar-refractivity contribution in [2.75, 3.05) is 19.3 Å². The first kappa shape index (κ1) is 26.2. The molecule has 1 atom stereocenters. The zero-order valence-electron chi connectivity index (χ0n) is 18.0. The first-order valence-corrected chi connectivity index (χ1v) is 11.8. The summed E-state index contributed by atoms with van der Waals surface area (Å²) in [6, 6.07) is 15.5. The van der Waals surface area contributed by atoms with Crippen LogP contribution in [0.1, 0.15) is 30.5 Å². The number of aliphatic imine (C=N–C) groups is 1. The number of sulfone groups is 1. The molecule has 0 aliphatic rings. The number of ether oxygens (including phenoxy) is 1. The third-order valence-corrected chi connectivity index (χ3v) is 4.96. The van der Waals surface area contributed by atoms with Crippen molar-refractivity contribution in [1.82, 2.24) is 10.6 Å². The summed E-state index contributed by atoms with van der Waals surface area (Å²) < 4.78 is 28.7. The minimum absolute atomic E-state index is 0. The highest BCUT2D eigenvalue weighted by Crippen LogP contribution is 2.14. The average molecular weight is 545 g/mol. The van der Waals surface area contributed by atoms with Gasteiger partial charge in [-0.1, -0.05) is 36.4 Å². The van der Waals surface area contributed by atoms with E-state index in [2.05, 4.69) is 15.6 Å². The van der Waals surface area contributed by atoms with Gasteiger partial charge in [0.15, 0.2) is 15.8 Å². The summed E-state index contributed by atoms with van der Waals surface area (Å²) in [6.45, 7) is 7.95. The number of hydrogen-bond donors (Lipinski definition) is 2. The summed E-state index contributed by atoms with van der Waals surface area (Å²) in [5.74, 6) is 1.63. The highest BCUT2D eigenvalue weighted by atomic mass is 127. The molecule has 0 heterocycles. The van der Waals surface area contributed by atoms with Crippen LogP contribution in [0.2, 0.25) is 0 Å². The molecule has 0 aliphatic heterocycles. The van der Waals surface area contributed by atoms with E-state index in [-0.39, 0.29) is 35.8 Å². The van der Waals surface area contributed by atoms with E-state index in [4.69, 9.17) is 4.74 Å². The van der Waals surface area contributed by atoms with Crippen molar-refractivity contribution < 1.29 is 13.2 Å². The Morgan fingerprint density at radius 1 is 1.10 bits per heavy atom. The lowest BCUT2D eigenvalue weighted by Gasteiger charge is -2.18. The molecule has 0 saturated carbocycles. The monoisotopic (exact) mass is 545 g/mol. The molecule has 0 fully saturated rings. The molecule has 0 radical (unpaired) electrons. The predicted molar refractivity (Wildman–Crippen MR) is 134 cm³/mol. The van der Waals surface area contributed by atoms with Gasteiger partial charge in [-0.3, -0.25) is 0 Å². The molecule has 0 spiro atoms. The molecule has 2 N–H and O–H groups in total. The largest absolute Gasteiger partial charge is 0.489 e. The molecule has 0 aliphatic carbocycles. The minimum Gasteiger partial charge on any atom is -0.489 e. The van der Waals surface area contributed by atoms with Crippen molar-refractivity contribution in [1.29, 1.82) is 0 Å². The van der Waals surface area contributed by atoms with Gasteiger partial charge in [-0.15, -0.1) is 24.0 Å². The van der Waals surface area contributed by atoms with Gasteiger partial charge in [0.1, 0.15) is 11.9 Å². The van der Waals surface area contributed by atoms with E-state index in [0.29, 0.717) is 19.0 Å². The second-order valence-corrected chi connectivity index (χ2v) is 9.35. The first-order chi connectivity index (χ1) is 13.7. The quantitative estimate of drug-likeness (QED) is 0.286. The molecule has 2 rings (SSSR count). The van der Waals surface area contributed by atoms with Crippen molar-refractivity contribution in [2.24, 2.45) is 4.99 Å². The van der Waals surface area contributed by atoms with Crippen LogP contribution in [0.25, 0.3) is 0 Å². The van der Waals surface area contributed by atoms with Gasteiger partial charge in [0, 0.05) is 12.8 Å². The molecule has 1 unspecified atom stereocenters. The lowest BCUT2D eigenvalue weighted by molar-refractivity contribution is 0.223. The predicted octanol–water partition coefficient (Wildman–Crippen LogP) is 3.68. The maximum Gasteiger partial charge on any atom is 0.191 e. The summed E-state index contributed by atoms with van der Waals surface area (Å²) in [5, 5.41) is 6.53. The van der Waals surface area contributed by atoms with Crippen LogP contribution < -0.4 is 15.4 Å². The average Bonchev–Trinajstić information content (AvgIpc) is 2.64. The molecule has 0 bridgehead atoms. The second kappa shape index (κ2) is 12.8. The van der Waals surface area contributed by atoms with Crippen LogP contribution in [0.4, 0.5) is 0 Å². The van der Waals surface area contributed by atoms with Gasteiger partial charge in [0.25, 0.3) is 0 Å². The van der Waals surface area contributed by atoms with E-state index < -0.39 is 9.84 Å². The van der Waals surface area contributed by atoms with Gasteiger partial charge in [0.2, 0.25) is 0 Å². The van der Waals surface area contributed by atoms with E-state index in [0.717, 1.165) is 23.4 Å². The van der Waals surface area contributed by atoms with Crippen LogP contribution in [0, 0.1) is 6.92 Å². The molecular formula is C22H32IN3O3S. The number of benzene rings is 2. The van der Waals surface area contributed by atoms with Crippen molar-refractivity contribution in [2.45, 2.75) is 39.2 Å². The Balaban J connectivity index is 0.00000450. The lowest BCUT2D eigenvalue weighted by atomic mass is 10.1.